The van der Waals surface area contributed by atoms with Gasteiger partial charge in [-0.2, -0.15) is 17.9 Å². The molecule has 0 saturated carbocycles. The van der Waals surface area contributed by atoms with Crippen molar-refractivity contribution < 1.29 is 35.9 Å². The summed E-state index contributed by atoms with van der Waals surface area (Å²) in [6.07, 6.45) is -5.50. The van der Waals surface area contributed by atoms with Crippen LogP contribution in [0, 0.1) is 0 Å². The fourth-order valence-corrected chi connectivity index (χ4v) is 4.08. The van der Waals surface area contributed by atoms with Crippen LogP contribution in [0.5, 0.6) is 5.75 Å². The van der Waals surface area contributed by atoms with Crippen LogP contribution in [0.1, 0.15) is 0 Å². The van der Waals surface area contributed by atoms with Gasteiger partial charge in [-0.05, 0) is 48.5 Å². The van der Waals surface area contributed by atoms with E-state index in [0.29, 0.717) is 5.75 Å². The molecule has 0 aromatic heterocycles. The molecule has 0 aliphatic carbocycles. The van der Waals surface area contributed by atoms with E-state index in [0.717, 1.165) is 24.3 Å². The number of imide groups is 1. The average Bonchev–Trinajstić information content (AvgIpc) is 2.92. The van der Waals surface area contributed by atoms with E-state index in [-0.39, 0.29) is 15.6 Å². The number of hydrogen-bond donors (Lipinski definition) is 2. The Morgan fingerprint density at radius 1 is 1.07 bits per heavy atom. The summed E-state index contributed by atoms with van der Waals surface area (Å²) in [5, 5.41) is 1.58. The molecule has 1 atom stereocenters. The van der Waals surface area contributed by atoms with Gasteiger partial charge in [0.2, 0.25) is 10.0 Å². The van der Waals surface area contributed by atoms with Crippen LogP contribution in [0.2, 0.25) is 5.02 Å². The van der Waals surface area contributed by atoms with E-state index >= 15 is 0 Å². The lowest BCUT2D eigenvalue weighted by molar-refractivity contribution is -0.194. The highest BCUT2D eigenvalue weighted by Crippen LogP contribution is 2.37. The lowest BCUT2D eigenvalue weighted by Gasteiger charge is -2.29. The summed E-state index contributed by atoms with van der Waals surface area (Å²) in [6, 6.07) is 7.75. The van der Waals surface area contributed by atoms with Gasteiger partial charge in [-0.15, -0.1) is 0 Å². The van der Waals surface area contributed by atoms with Crippen molar-refractivity contribution in [1.29, 1.82) is 0 Å². The molecule has 1 fully saturated rings. The molecule has 2 aromatic carbocycles. The first kappa shape index (κ1) is 21.9. The molecule has 2 aromatic rings. The third-order valence-corrected chi connectivity index (χ3v) is 5.91. The number of rotatable bonds is 5. The Kier molecular flexibility index (Phi) is 5.43. The fourth-order valence-electron chi connectivity index (χ4n) is 2.69. The van der Waals surface area contributed by atoms with Crippen LogP contribution in [-0.4, -0.2) is 39.3 Å². The number of methoxy groups -OCH3 is 1. The van der Waals surface area contributed by atoms with Gasteiger partial charge in [-0.25, -0.2) is 18.1 Å². The summed E-state index contributed by atoms with van der Waals surface area (Å²) in [7, 11) is -3.54. The average molecular weight is 464 g/mol. The van der Waals surface area contributed by atoms with Gasteiger partial charge in [-0.1, -0.05) is 11.6 Å². The number of carbonyl (C=O) groups excluding carboxylic acids is 2. The molecule has 1 aliphatic rings. The first-order valence-corrected chi connectivity index (χ1v) is 9.94. The Morgan fingerprint density at radius 3 is 2.13 bits per heavy atom. The predicted octanol–water partition coefficient (Wildman–Crippen LogP) is 2.64. The van der Waals surface area contributed by atoms with Crippen molar-refractivity contribution in [3.63, 3.8) is 0 Å². The van der Waals surface area contributed by atoms with Crippen LogP contribution in [0.4, 0.5) is 23.7 Å². The van der Waals surface area contributed by atoms with Gasteiger partial charge in [0.15, 0.2) is 0 Å². The topological polar surface area (TPSA) is 105 Å². The van der Waals surface area contributed by atoms with Crippen LogP contribution < -0.4 is 19.7 Å². The van der Waals surface area contributed by atoms with Crippen LogP contribution in [0.3, 0.4) is 0 Å². The third kappa shape index (κ3) is 3.68. The molecule has 30 heavy (non-hydrogen) atoms. The van der Waals surface area contributed by atoms with Crippen molar-refractivity contribution in [1.82, 2.24) is 10.0 Å². The fraction of sp³-hybridized carbons (Fsp3) is 0.176. The van der Waals surface area contributed by atoms with Crippen molar-refractivity contribution >= 4 is 39.2 Å². The molecule has 160 valence electrons. The second-order valence-electron chi connectivity index (χ2n) is 6.08. The Morgan fingerprint density at radius 2 is 1.63 bits per heavy atom. The smallest absolute Gasteiger partial charge is 0.435 e. The largest absolute Gasteiger partial charge is 0.497 e. The van der Waals surface area contributed by atoms with Crippen molar-refractivity contribution in [2.24, 2.45) is 0 Å². The predicted molar refractivity (Wildman–Crippen MR) is 99.6 cm³/mol. The van der Waals surface area contributed by atoms with E-state index in [1.165, 1.54) is 41.4 Å². The molecule has 1 saturated heterocycles. The second kappa shape index (κ2) is 7.45. The summed E-state index contributed by atoms with van der Waals surface area (Å²) >= 11 is 5.66. The lowest BCUT2D eigenvalue weighted by Crippen LogP contribution is -2.69. The Balaban J connectivity index is 2.04. The highest BCUT2D eigenvalue weighted by Gasteiger charge is 2.69. The third-order valence-electron chi connectivity index (χ3n) is 4.19. The molecule has 3 amide bonds. The number of ether oxygens (including phenoxy) is 1. The zero-order valence-electron chi connectivity index (χ0n) is 15.0. The molecule has 1 heterocycles. The summed E-state index contributed by atoms with van der Waals surface area (Å²) < 4.78 is 73.1. The van der Waals surface area contributed by atoms with Crippen LogP contribution in [0.15, 0.2) is 53.4 Å². The SMILES string of the molecule is COc1ccc(N2C(=O)N[C@](NS(=O)(=O)c3ccc(Cl)cc3)(C(F)(F)F)C2=O)cc1. The molecule has 2 N–H and O–H groups in total. The summed E-state index contributed by atoms with van der Waals surface area (Å²) in [6.45, 7) is 0. The molecular formula is C17H13ClF3N3O5S. The normalized spacial score (nSPS) is 19.7. The number of anilines is 1. The Labute approximate surface area is 173 Å². The molecule has 3 rings (SSSR count). The summed E-state index contributed by atoms with van der Waals surface area (Å²) in [5.74, 6) is -1.53. The molecular weight excluding hydrogens is 451 g/mol. The van der Waals surface area contributed by atoms with Crippen LogP contribution >= 0.6 is 11.6 Å². The summed E-state index contributed by atoms with van der Waals surface area (Å²) in [5.41, 5.74) is -4.11. The number of sulfonamides is 1. The highest BCUT2D eigenvalue weighted by molar-refractivity contribution is 7.89. The maximum atomic E-state index is 13.9. The highest BCUT2D eigenvalue weighted by atomic mass is 35.5. The van der Waals surface area contributed by atoms with Gasteiger partial charge in [-0.3, -0.25) is 4.79 Å². The van der Waals surface area contributed by atoms with E-state index in [1.807, 2.05) is 0 Å². The van der Waals surface area contributed by atoms with Gasteiger partial charge in [0.05, 0.1) is 17.7 Å². The first-order valence-electron chi connectivity index (χ1n) is 8.08. The zero-order valence-corrected chi connectivity index (χ0v) is 16.6. The van der Waals surface area contributed by atoms with E-state index in [4.69, 9.17) is 16.3 Å². The van der Waals surface area contributed by atoms with E-state index in [9.17, 15) is 31.2 Å². The number of nitrogens with one attached hydrogen (secondary N) is 2. The van der Waals surface area contributed by atoms with Crippen molar-refractivity contribution in [3.8, 4) is 5.75 Å². The minimum absolute atomic E-state index is 0.149. The van der Waals surface area contributed by atoms with Crippen molar-refractivity contribution in [2.75, 3.05) is 12.0 Å². The molecule has 8 nitrogen and oxygen atoms in total. The zero-order chi connectivity index (χ0) is 22.3. The second-order valence-corrected chi connectivity index (χ2v) is 8.19. The minimum Gasteiger partial charge on any atom is -0.497 e. The van der Waals surface area contributed by atoms with Crippen LogP contribution in [0.25, 0.3) is 0 Å². The number of urea groups is 1. The van der Waals surface area contributed by atoms with E-state index in [2.05, 4.69) is 0 Å². The first-order chi connectivity index (χ1) is 13.9. The van der Waals surface area contributed by atoms with Crippen LogP contribution in [-0.2, 0) is 14.8 Å². The maximum Gasteiger partial charge on any atom is 0.435 e. The molecule has 0 bridgehead atoms. The van der Waals surface area contributed by atoms with E-state index in [1.54, 1.807) is 0 Å². The van der Waals surface area contributed by atoms with Gasteiger partial charge in [0.1, 0.15) is 5.75 Å². The number of alkyl halides is 3. The number of halogens is 4. The Bertz CT molecular complexity index is 1090. The quantitative estimate of drug-likeness (QED) is 0.663. The van der Waals surface area contributed by atoms with Gasteiger partial charge in [0.25, 0.3) is 11.6 Å². The minimum atomic E-state index is -5.50. The number of amides is 3. The monoisotopic (exact) mass is 463 g/mol. The lowest BCUT2D eigenvalue weighted by atomic mass is 10.1. The standard InChI is InChI=1S/C17H13ClF3N3O5S/c1-29-12-6-4-11(5-7-12)24-14(25)16(17(19,20)21,22-15(24)26)23-30(27,28)13-8-2-10(18)3-9-13/h2-9,23H,1H3,(H,22,26)/t16-/m1/s1. The van der Waals surface area contributed by atoms with E-state index < -0.39 is 38.7 Å². The van der Waals surface area contributed by atoms with Gasteiger partial charge < -0.3 is 10.1 Å². The van der Waals surface area contributed by atoms with Gasteiger partial charge in [0, 0.05) is 5.02 Å². The molecule has 13 heteroatoms. The molecule has 0 unspecified atom stereocenters. The summed E-state index contributed by atoms with van der Waals surface area (Å²) in [4.78, 5) is 24.6. The number of benzene rings is 2. The maximum absolute atomic E-state index is 13.9. The number of nitrogens with zero attached hydrogens (tertiary/aromatic N) is 1. The van der Waals surface area contributed by atoms with Crippen molar-refractivity contribution in [3.05, 3.63) is 53.6 Å². The van der Waals surface area contributed by atoms with Crippen molar-refractivity contribution in [2.45, 2.75) is 16.7 Å². The number of hydrogen-bond acceptors (Lipinski definition) is 5. The molecule has 1 aliphatic heterocycles. The molecule has 0 radical (unpaired) electrons. The molecule has 0 spiro atoms. The Hall–Kier alpha value is -2.83. The van der Waals surface area contributed by atoms with Gasteiger partial charge >= 0.3 is 12.2 Å². The number of carbonyl (C=O) groups is 2.